The molecular weight excluding hydrogens is 256 g/mol. The van der Waals surface area contributed by atoms with Gasteiger partial charge in [-0.2, -0.15) is 0 Å². The minimum atomic E-state index is -0.585. The average Bonchev–Trinajstić information content (AvgIpc) is 2.37. The Balaban J connectivity index is 4.02. The van der Waals surface area contributed by atoms with Crippen molar-refractivity contribution in [3.05, 3.63) is 0 Å². The van der Waals surface area contributed by atoms with Gasteiger partial charge in [0.15, 0.2) is 0 Å². The van der Waals surface area contributed by atoms with E-state index >= 15 is 0 Å². The maximum Gasteiger partial charge on any atom is 0.325 e. The zero-order chi connectivity index (χ0) is 15.6. The van der Waals surface area contributed by atoms with Gasteiger partial charge in [-0.1, -0.05) is 6.92 Å². The third-order valence-corrected chi connectivity index (χ3v) is 3.34. The summed E-state index contributed by atoms with van der Waals surface area (Å²) in [6.45, 7) is 11.3. The number of methoxy groups -OCH3 is 1. The molecule has 0 rings (SSSR count). The Kier molecular flexibility index (Phi) is 9.80. The molecule has 0 saturated carbocycles. The number of likely N-dealkylation sites (N-methyl/N-ethyl adjacent to an activating group) is 2. The van der Waals surface area contributed by atoms with E-state index in [4.69, 9.17) is 9.47 Å². The fourth-order valence-corrected chi connectivity index (χ4v) is 2.14. The van der Waals surface area contributed by atoms with Crippen LogP contribution in [-0.2, 0) is 14.3 Å². The molecule has 1 N–H and O–H groups in total. The predicted molar refractivity (Wildman–Crippen MR) is 81.9 cm³/mol. The second-order valence-electron chi connectivity index (χ2n) is 5.68. The zero-order valence-electron chi connectivity index (χ0n) is 14.0. The molecule has 120 valence electrons. The number of hydrogen-bond donors (Lipinski definition) is 1. The molecule has 0 fully saturated rings. The van der Waals surface area contributed by atoms with Crippen LogP contribution in [-0.4, -0.2) is 62.9 Å². The molecule has 1 atom stereocenters. The van der Waals surface area contributed by atoms with Gasteiger partial charge < -0.3 is 19.7 Å². The zero-order valence-corrected chi connectivity index (χ0v) is 14.0. The third-order valence-electron chi connectivity index (χ3n) is 3.34. The number of esters is 1. The fourth-order valence-electron chi connectivity index (χ4n) is 2.14. The maximum atomic E-state index is 11.8. The van der Waals surface area contributed by atoms with E-state index in [1.807, 2.05) is 27.7 Å². The number of ether oxygens (including phenoxy) is 2. The molecule has 0 aromatic heterocycles. The number of carbonyl (C=O) groups excluding carboxylic acids is 1. The third kappa shape index (κ3) is 7.82. The van der Waals surface area contributed by atoms with Gasteiger partial charge in [0.2, 0.25) is 0 Å². The molecule has 0 saturated heterocycles. The number of rotatable bonds is 11. The summed E-state index contributed by atoms with van der Waals surface area (Å²) < 4.78 is 10.4. The van der Waals surface area contributed by atoms with Crippen LogP contribution in [0.15, 0.2) is 0 Å². The van der Waals surface area contributed by atoms with Gasteiger partial charge in [-0.05, 0) is 53.8 Å². The number of hydrogen-bond acceptors (Lipinski definition) is 5. The second kappa shape index (κ2) is 10.1. The van der Waals surface area contributed by atoms with Crippen LogP contribution in [0.3, 0.4) is 0 Å². The molecule has 5 nitrogen and oxygen atoms in total. The monoisotopic (exact) mass is 288 g/mol. The molecular formula is C15H32N2O3. The Hall–Kier alpha value is -0.650. The largest absolute Gasteiger partial charge is 0.468 e. The summed E-state index contributed by atoms with van der Waals surface area (Å²) in [6.07, 6.45) is 1.99. The van der Waals surface area contributed by atoms with Crippen molar-refractivity contribution in [3.8, 4) is 0 Å². The minimum absolute atomic E-state index is 0.190. The SMILES string of the molecule is CCNC(C)(CCCN(C)CCOC(C)C)C(=O)OC. The van der Waals surface area contributed by atoms with Gasteiger partial charge >= 0.3 is 5.97 Å². The first kappa shape index (κ1) is 19.4. The maximum absolute atomic E-state index is 11.8. The molecule has 20 heavy (non-hydrogen) atoms. The smallest absolute Gasteiger partial charge is 0.325 e. The normalized spacial score (nSPS) is 14.6. The molecule has 1 unspecified atom stereocenters. The van der Waals surface area contributed by atoms with Crippen molar-refractivity contribution in [2.45, 2.75) is 52.2 Å². The van der Waals surface area contributed by atoms with E-state index in [0.29, 0.717) is 0 Å². The van der Waals surface area contributed by atoms with Crippen LogP contribution >= 0.6 is 0 Å². The fraction of sp³-hybridized carbons (Fsp3) is 0.933. The van der Waals surface area contributed by atoms with E-state index < -0.39 is 5.54 Å². The molecule has 0 amide bonds. The van der Waals surface area contributed by atoms with Crippen molar-refractivity contribution < 1.29 is 14.3 Å². The van der Waals surface area contributed by atoms with E-state index in [9.17, 15) is 4.79 Å². The van der Waals surface area contributed by atoms with Gasteiger partial charge in [-0.25, -0.2) is 0 Å². The summed E-state index contributed by atoms with van der Waals surface area (Å²) in [5.74, 6) is -0.190. The van der Waals surface area contributed by atoms with Gasteiger partial charge in [0.05, 0.1) is 19.8 Å². The van der Waals surface area contributed by atoms with Crippen LogP contribution < -0.4 is 5.32 Å². The average molecular weight is 288 g/mol. The number of nitrogens with one attached hydrogen (secondary N) is 1. The first-order valence-electron chi connectivity index (χ1n) is 7.49. The van der Waals surface area contributed by atoms with Gasteiger partial charge in [-0.15, -0.1) is 0 Å². The van der Waals surface area contributed by atoms with Crippen LogP contribution in [0, 0.1) is 0 Å². The minimum Gasteiger partial charge on any atom is -0.468 e. The highest BCUT2D eigenvalue weighted by Crippen LogP contribution is 2.14. The van der Waals surface area contributed by atoms with Crippen molar-refractivity contribution in [3.63, 3.8) is 0 Å². The Morgan fingerprint density at radius 2 is 2.00 bits per heavy atom. The molecule has 0 aliphatic carbocycles. The van der Waals surface area contributed by atoms with E-state index in [1.54, 1.807) is 0 Å². The van der Waals surface area contributed by atoms with Gasteiger partial charge in [-0.3, -0.25) is 4.79 Å². The molecule has 0 radical (unpaired) electrons. The Morgan fingerprint density at radius 1 is 1.35 bits per heavy atom. The van der Waals surface area contributed by atoms with Crippen LogP contribution in [0.2, 0.25) is 0 Å². The second-order valence-corrected chi connectivity index (χ2v) is 5.68. The first-order chi connectivity index (χ1) is 9.35. The van der Waals surface area contributed by atoms with Crippen LogP contribution in [0.4, 0.5) is 0 Å². The molecule has 5 heteroatoms. The first-order valence-corrected chi connectivity index (χ1v) is 7.49. The summed E-state index contributed by atoms with van der Waals surface area (Å²) in [6, 6.07) is 0. The van der Waals surface area contributed by atoms with E-state index in [0.717, 1.165) is 39.1 Å². The molecule has 0 bridgehead atoms. The molecule has 0 aliphatic heterocycles. The quantitative estimate of drug-likeness (QED) is 0.586. The highest BCUT2D eigenvalue weighted by Gasteiger charge is 2.32. The van der Waals surface area contributed by atoms with Gasteiger partial charge in [0.25, 0.3) is 0 Å². The molecule has 0 aromatic rings. The standard InChI is InChI=1S/C15H32N2O3/c1-7-16-15(4,14(18)19-6)9-8-10-17(5)11-12-20-13(2)3/h13,16H,7-12H2,1-6H3. The Labute approximate surface area is 124 Å². The van der Waals surface area contributed by atoms with E-state index in [2.05, 4.69) is 17.3 Å². The Bertz CT molecular complexity index is 272. The van der Waals surface area contributed by atoms with Crippen molar-refractivity contribution >= 4 is 5.97 Å². The Morgan fingerprint density at radius 3 is 2.50 bits per heavy atom. The van der Waals surface area contributed by atoms with Crippen molar-refractivity contribution in [2.75, 3.05) is 40.4 Å². The number of carbonyl (C=O) groups is 1. The summed E-state index contributed by atoms with van der Waals surface area (Å²) >= 11 is 0. The van der Waals surface area contributed by atoms with Gasteiger partial charge in [0, 0.05) is 6.54 Å². The summed E-state index contributed by atoms with van der Waals surface area (Å²) in [4.78, 5) is 14.1. The summed E-state index contributed by atoms with van der Waals surface area (Å²) in [5, 5.41) is 3.22. The summed E-state index contributed by atoms with van der Waals surface area (Å²) in [7, 11) is 3.51. The number of nitrogens with zero attached hydrogens (tertiary/aromatic N) is 1. The lowest BCUT2D eigenvalue weighted by atomic mass is 9.95. The lowest BCUT2D eigenvalue weighted by Gasteiger charge is -2.28. The van der Waals surface area contributed by atoms with E-state index in [-0.39, 0.29) is 12.1 Å². The lowest BCUT2D eigenvalue weighted by Crippen LogP contribution is -2.50. The highest BCUT2D eigenvalue weighted by atomic mass is 16.5. The molecule has 0 aliphatic rings. The highest BCUT2D eigenvalue weighted by molar-refractivity contribution is 5.80. The molecule has 0 spiro atoms. The molecule has 0 aromatic carbocycles. The van der Waals surface area contributed by atoms with Crippen LogP contribution in [0.5, 0.6) is 0 Å². The van der Waals surface area contributed by atoms with E-state index in [1.165, 1.54) is 7.11 Å². The topological polar surface area (TPSA) is 50.8 Å². The lowest BCUT2D eigenvalue weighted by molar-refractivity contribution is -0.148. The predicted octanol–water partition coefficient (Wildman–Crippen LogP) is 1.66. The van der Waals surface area contributed by atoms with Crippen LogP contribution in [0.1, 0.15) is 40.5 Å². The molecule has 0 heterocycles. The van der Waals surface area contributed by atoms with Crippen molar-refractivity contribution in [1.29, 1.82) is 0 Å². The summed E-state index contributed by atoms with van der Waals surface area (Å²) in [5.41, 5.74) is -0.585. The van der Waals surface area contributed by atoms with Crippen LogP contribution in [0.25, 0.3) is 0 Å². The van der Waals surface area contributed by atoms with Crippen molar-refractivity contribution in [2.24, 2.45) is 0 Å². The van der Waals surface area contributed by atoms with Gasteiger partial charge in [0.1, 0.15) is 5.54 Å². The van der Waals surface area contributed by atoms with Crippen molar-refractivity contribution in [1.82, 2.24) is 10.2 Å².